The molecule has 0 bridgehead atoms. The van der Waals surface area contributed by atoms with Gasteiger partial charge in [0.1, 0.15) is 11.9 Å². The van der Waals surface area contributed by atoms with E-state index in [0.717, 1.165) is 12.8 Å². The van der Waals surface area contributed by atoms with E-state index in [1.807, 2.05) is 12.1 Å². The number of para-hydroxylation sites is 1. The quantitative estimate of drug-likeness (QED) is 0.916. The number of rotatable bonds is 3. The fourth-order valence-corrected chi connectivity index (χ4v) is 3.25. The molecule has 0 aromatic heterocycles. The van der Waals surface area contributed by atoms with E-state index in [0.29, 0.717) is 23.9 Å². The van der Waals surface area contributed by atoms with E-state index in [4.69, 9.17) is 16.3 Å². The SMILES string of the molecule is O=C(C1CC(F)(F)CN1)N1CCCC(Oc2ccccc2Cl)C1. The lowest BCUT2D eigenvalue weighted by atomic mass is 10.1. The minimum Gasteiger partial charge on any atom is -0.487 e. The molecule has 126 valence electrons. The number of ether oxygens (including phenoxy) is 1. The molecule has 3 rings (SSSR count). The van der Waals surface area contributed by atoms with Crippen LogP contribution in [0, 0.1) is 0 Å². The van der Waals surface area contributed by atoms with E-state index >= 15 is 0 Å². The molecule has 4 nitrogen and oxygen atoms in total. The molecule has 2 saturated heterocycles. The summed E-state index contributed by atoms with van der Waals surface area (Å²) in [7, 11) is 0. The van der Waals surface area contributed by atoms with Crippen LogP contribution < -0.4 is 10.1 Å². The summed E-state index contributed by atoms with van der Waals surface area (Å²) in [6, 6.07) is 6.37. The van der Waals surface area contributed by atoms with Crippen LogP contribution in [0.5, 0.6) is 5.75 Å². The number of hydrogen-bond acceptors (Lipinski definition) is 3. The van der Waals surface area contributed by atoms with Gasteiger partial charge in [-0.25, -0.2) is 8.78 Å². The van der Waals surface area contributed by atoms with Gasteiger partial charge in [0.25, 0.3) is 5.92 Å². The maximum absolute atomic E-state index is 13.3. The molecule has 2 heterocycles. The van der Waals surface area contributed by atoms with Gasteiger partial charge in [0.05, 0.1) is 24.2 Å². The smallest absolute Gasteiger partial charge is 0.262 e. The predicted octanol–water partition coefficient (Wildman–Crippen LogP) is 2.71. The van der Waals surface area contributed by atoms with Crippen molar-refractivity contribution in [3.63, 3.8) is 0 Å². The number of halogens is 3. The van der Waals surface area contributed by atoms with E-state index in [-0.39, 0.29) is 12.0 Å². The molecule has 1 N–H and O–H groups in total. The van der Waals surface area contributed by atoms with Crippen LogP contribution in [-0.2, 0) is 4.79 Å². The van der Waals surface area contributed by atoms with Crippen LogP contribution >= 0.6 is 11.6 Å². The van der Waals surface area contributed by atoms with Crippen molar-refractivity contribution in [1.29, 1.82) is 0 Å². The highest BCUT2D eigenvalue weighted by molar-refractivity contribution is 6.32. The number of nitrogens with zero attached hydrogens (tertiary/aromatic N) is 1. The highest BCUT2D eigenvalue weighted by Crippen LogP contribution is 2.28. The van der Waals surface area contributed by atoms with Gasteiger partial charge in [0.15, 0.2) is 0 Å². The van der Waals surface area contributed by atoms with Crippen molar-refractivity contribution in [2.24, 2.45) is 0 Å². The van der Waals surface area contributed by atoms with Crippen LogP contribution in [-0.4, -0.2) is 48.5 Å². The zero-order valence-electron chi connectivity index (χ0n) is 12.6. The van der Waals surface area contributed by atoms with Crippen molar-refractivity contribution < 1.29 is 18.3 Å². The molecule has 0 spiro atoms. The summed E-state index contributed by atoms with van der Waals surface area (Å²) in [5.74, 6) is -2.49. The standard InChI is InChI=1S/C16H19ClF2N2O2/c17-12-5-1-2-6-14(12)23-11-4-3-7-21(9-11)15(22)13-8-16(18,19)10-20-13/h1-2,5-6,11,13,20H,3-4,7-10H2. The second-order valence-electron chi connectivity index (χ2n) is 6.09. The van der Waals surface area contributed by atoms with Gasteiger partial charge < -0.3 is 9.64 Å². The highest BCUT2D eigenvalue weighted by atomic mass is 35.5. The minimum atomic E-state index is -2.80. The number of nitrogens with one attached hydrogen (secondary N) is 1. The van der Waals surface area contributed by atoms with Crippen molar-refractivity contribution in [2.75, 3.05) is 19.6 Å². The minimum absolute atomic E-state index is 0.172. The number of benzene rings is 1. The molecule has 1 amide bonds. The van der Waals surface area contributed by atoms with Crippen LogP contribution in [0.1, 0.15) is 19.3 Å². The van der Waals surface area contributed by atoms with E-state index < -0.39 is 24.9 Å². The van der Waals surface area contributed by atoms with Crippen molar-refractivity contribution >= 4 is 17.5 Å². The Morgan fingerprint density at radius 2 is 2.17 bits per heavy atom. The molecule has 0 saturated carbocycles. The molecule has 2 aliphatic heterocycles. The van der Waals surface area contributed by atoms with Crippen LogP contribution in [0.25, 0.3) is 0 Å². The van der Waals surface area contributed by atoms with Gasteiger partial charge in [-0.3, -0.25) is 10.1 Å². The Labute approximate surface area is 138 Å². The first-order valence-corrected chi connectivity index (χ1v) is 8.14. The van der Waals surface area contributed by atoms with Gasteiger partial charge in [-0.05, 0) is 25.0 Å². The van der Waals surface area contributed by atoms with Crippen molar-refractivity contribution in [3.05, 3.63) is 29.3 Å². The number of alkyl halides is 2. The first-order chi connectivity index (χ1) is 10.9. The van der Waals surface area contributed by atoms with Crippen molar-refractivity contribution in [1.82, 2.24) is 10.2 Å². The molecule has 23 heavy (non-hydrogen) atoms. The van der Waals surface area contributed by atoms with Gasteiger partial charge in [-0.2, -0.15) is 0 Å². The third-order valence-corrected chi connectivity index (χ3v) is 4.54. The molecule has 1 aromatic rings. The third kappa shape index (κ3) is 3.93. The summed E-state index contributed by atoms with van der Waals surface area (Å²) in [6.45, 7) is 0.537. The van der Waals surface area contributed by atoms with E-state index in [1.165, 1.54) is 0 Å². The second-order valence-corrected chi connectivity index (χ2v) is 6.50. The molecule has 2 atom stereocenters. The fourth-order valence-electron chi connectivity index (χ4n) is 3.06. The number of carbonyl (C=O) groups excluding carboxylic acids is 1. The maximum Gasteiger partial charge on any atom is 0.262 e. The number of hydrogen-bond donors (Lipinski definition) is 1. The lowest BCUT2D eigenvalue weighted by molar-refractivity contribution is -0.136. The van der Waals surface area contributed by atoms with Gasteiger partial charge in [0, 0.05) is 13.0 Å². The Kier molecular flexibility index (Phi) is 4.73. The highest BCUT2D eigenvalue weighted by Gasteiger charge is 2.44. The lowest BCUT2D eigenvalue weighted by Crippen LogP contribution is -2.50. The number of likely N-dealkylation sites (tertiary alicyclic amines) is 1. The largest absolute Gasteiger partial charge is 0.487 e. The van der Waals surface area contributed by atoms with Crippen LogP contribution in [0.3, 0.4) is 0 Å². The van der Waals surface area contributed by atoms with Gasteiger partial charge >= 0.3 is 0 Å². The summed E-state index contributed by atoms with van der Waals surface area (Å²) in [5.41, 5.74) is 0. The lowest BCUT2D eigenvalue weighted by Gasteiger charge is -2.34. The maximum atomic E-state index is 13.3. The van der Waals surface area contributed by atoms with Crippen molar-refractivity contribution in [3.8, 4) is 5.75 Å². The second kappa shape index (κ2) is 6.61. The van der Waals surface area contributed by atoms with E-state index in [1.54, 1.807) is 17.0 Å². The molecule has 2 aliphatic rings. The molecule has 0 aliphatic carbocycles. The van der Waals surface area contributed by atoms with Gasteiger partial charge in [-0.15, -0.1) is 0 Å². The normalized spacial score (nSPS) is 27.0. The summed E-state index contributed by atoms with van der Waals surface area (Å²) in [6.07, 6.45) is 0.987. The van der Waals surface area contributed by atoms with Crippen LogP contribution in [0.15, 0.2) is 24.3 Å². The van der Waals surface area contributed by atoms with Crippen molar-refractivity contribution in [2.45, 2.75) is 37.3 Å². The molecule has 2 fully saturated rings. The van der Waals surface area contributed by atoms with E-state index in [9.17, 15) is 13.6 Å². The zero-order valence-corrected chi connectivity index (χ0v) is 13.4. The van der Waals surface area contributed by atoms with Gasteiger partial charge in [0.2, 0.25) is 5.91 Å². The Hall–Kier alpha value is -1.40. The Balaban J connectivity index is 1.60. The molecule has 0 radical (unpaired) electrons. The Morgan fingerprint density at radius 1 is 1.39 bits per heavy atom. The van der Waals surface area contributed by atoms with Gasteiger partial charge in [-0.1, -0.05) is 23.7 Å². The number of piperidine rings is 1. The summed E-state index contributed by atoms with van der Waals surface area (Å²) in [5, 5.41) is 3.14. The first kappa shape index (κ1) is 16.5. The molecule has 2 unspecified atom stereocenters. The Morgan fingerprint density at radius 3 is 2.87 bits per heavy atom. The van der Waals surface area contributed by atoms with Crippen LogP contribution in [0.2, 0.25) is 5.02 Å². The predicted molar refractivity (Wildman–Crippen MR) is 83.0 cm³/mol. The van der Waals surface area contributed by atoms with Crippen LogP contribution in [0.4, 0.5) is 8.78 Å². The summed E-state index contributed by atoms with van der Waals surface area (Å²) in [4.78, 5) is 14.0. The average Bonchev–Trinajstić information content (AvgIpc) is 2.89. The molecule has 7 heteroatoms. The third-order valence-electron chi connectivity index (χ3n) is 4.23. The average molecular weight is 345 g/mol. The topological polar surface area (TPSA) is 41.6 Å². The monoisotopic (exact) mass is 344 g/mol. The summed E-state index contributed by atoms with van der Waals surface area (Å²) >= 11 is 6.08. The Bertz CT molecular complexity index is 585. The number of amides is 1. The molecular formula is C16H19ClF2N2O2. The first-order valence-electron chi connectivity index (χ1n) is 7.76. The van der Waals surface area contributed by atoms with E-state index in [2.05, 4.69) is 5.32 Å². The molecule has 1 aromatic carbocycles. The zero-order chi connectivity index (χ0) is 16.4. The number of carbonyl (C=O) groups is 1. The fraction of sp³-hybridized carbons (Fsp3) is 0.562. The summed E-state index contributed by atoms with van der Waals surface area (Å²) < 4.78 is 32.4. The molecular weight excluding hydrogens is 326 g/mol.